The summed E-state index contributed by atoms with van der Waals surface area (Å²) in [6.07, 6.45) is 3.77. The molecular weight excluding hydrogens is 418 g/mol. The number of fused-ring (bicyclic) bond motifs is 1. The third-order valence-corrected chi connectivity index (χ3v) is 6.34. The first kappa shape index (κ1) is 21.0. The van der Waals surface area contributed by atoms with Crippen LogP contribution in [0.25, 0.3) is 33.5 Å². The van der Waals surface area contributed by atoms with Crippen LogP contribution >= 0.6 is 0 Å². The van der Waals surface area contributed by atoms with E-state index in [9.17, 15) is 4.79 Å². The second-order valence-electron chi connectivity index (χ2n) is 8.70. The molecule has 1 N–H and O–H groups in total. The summed E-state index contributed by atoms with van der Waals surface area (Å²) in [4.78, 5) is 20.5. The predicted octanol–water partition coefficient (Wildman–Crippen LogP) is 3.65. The van der Waals surface area contributed by atoms with E-state index >= 15 is 0 Å². The number of carbonyl (C=O) groups is 1. The van der Waals surface area contributed by atoms with Crippen LogP contribution in [0.5, 0.6) is 5.75 Å². The lowest BCUT2D eigenvalue weighted by Gasteiger charge is -2.40. The van der Waals surface area contributed by atoms with Crippen molar-refractivity contribution in [1.82, 2.24) is 34.8 Å². The van der Waals surface area contributed by atoms with Crippen LogP contribution in [0.2, 0.25) is 0 Å². The Morgan fingerprint density at radius 2 is 2.00 bits per heavy atom. The highest BCUT2D eigenvalue weighted by molar-refractivity contribution is 5.92. The van der Waals surface area contributed by atoms with Gasteiger partial charge in [0.1, 0.15) is 22.7 Å². The number of nitrogens with zero attached hydrogens (tertiary/aromatic N) is 6. The highest BCUT2D eigenvalue weighted by Crippen LogP contribution is 2.36. The standard InChI is InChI=1S/C24H27N7O2/c1-14-7-6-8-18(15(14)2)22-20(33-5)9-19-23(26-22)21(28-27-19)16-10-25-31(11-16)17-12-30(13-17)24(32)29(3)4/h6-11,17H,12-13H2,1-5H3,(H,27,28). The fraction of sp³-hybridized carbons (Fsp3) is 0.333. The molecule has 0 atom stereocenters. The molecule has 9 nitrogen and oxygen atoms in total. The minimum Gasteiger partial charge on any atom is -0.494 e. The van der Waals surface area contributed by atoms with Gasteiger partial charge in [-0.05, 0) is 25.0 Å². The lowest BCUT2D eigenvalue weighted by atomic mass is 9.99. The van der Waals surface area contributed by atoms with Crippen LogP contribution < -0.4 is 4.74 Å². The van der Waals surface area contributed by atoms with Crippen LogP contribution in [0.4, 0.5) is 4.79 Å². The molecule has 170 valence electrons. The molecule has 33 heavy (non-hydrogen) atoms. The number of nitrogens with one attached hydrogen (secondary N) is 1. The molecular formula is C24H27N7O2. The van der Waals surface area contributed by atoms with Crippen LogP contribution in [0.3, 0.4) is 0 Å². The van der Waals surface area contributed by atoms with Gasteiger partial charge in [0.25, 0.3) is 0 Å². The van der Waals surface area contributed by atoms with E-state index < -0.39 is 0 Å². The number of aromatic amines is 1. The minimum atomic E-state index is 0.0223. The number of hydrogen-bond acceptors (Lipinski definition) is 5. The quantitative estimate of drug-likeness (QED) is 0.518. The lowest BCUT2D eigenvalue weighted by molar-refractivity contribution is 0.100. The van der Waals surface area contributed by atoms with Crippen LogP contribution in [0, 0.1) is 13.8 Å². The third-order valence-electron chi connectivity index (χ3n) is 6.34. The number of likely N-dealkylation sites (tertiary alicyclic amines) is 1. The largest absolute Gasteiger partial charge is 0.494 e. The number of H-pyrrole nitrogens is 1. The molecule has 4 aromatic rings. The average molecular weight is 446 g/mol. The zero-order chi connectivity index (χ0) is 23.3. The fourth-order valence-corrected chi connectivity index (χ4v) is 4.21. The van der Waals surface area contributed by atoms with Crippen molar-refractivity contribution in [3.63, 3.8) is 0 Å². The second-order valence-corrected chi connectivity index (χ2v) is 8.70. The Kier molecular flexibility index (Phi) is 5.03. The van der Waals surface area contributed by atoms with Crippen molar-refractivity contribution < 1.29 is 9.53 Å². The van der Waals surface area contributed by atoms with E-state index in [1.54, 1.807) is 37.2 Å². The Morgan fingerprint density at radius 1 is 1.21 bits per heavy atom. The Hall–Kier alpha value is -3.88. The zero-order valence-electron chi connectivity index (χ0n) is 19.5. The maximum atomic E-state index is 12.1. The highest BCUT2D eigenvalue weighted by Gasteiger charge is 2.33. The molecule has 1 fully saturated rings. The Labute approximate surface area is 192 Å². The summed E-state index contributed by atoms with van der Waals surface area (Å²) in [6.45, 7) is 5.48. The lowest BCUT2D eigenvalue weighted by Crippen LogP contribution is -2.53. The molecule has 0 unspecified atom stereocenters. The van der Waals surface area contributed by atoms with Gasteiger partial charge in [0.15, 0.2) is 0 Å². The van der Waals surface area contributed by atoms with Crippen LogP contribution in [0.15, 0.2) is 36.7 Å². The van der Waals surface area contributed by atoms with Gasteiger partial charge in [-0.3, -0.25) is 9.78 Å². The number of aromatic nitrogens is 5. The molecule has 0 radical (unpaired) electrons. The van der Waals surface area contributed by atoms with Crippen molar-refractivity contribution in [3.8, 4) is 28.3 Å². The molecule has 0 saturated carbocycles. The minimum absolute atomic E-state index is 0.0223. The first-order chi connectivity index (χ1) is 15.9. The molecule has 0 bridgehead atoms. The Balaban J connectivity index is 1.49. The number of pyridine rings is 1. The van der Waals surface area contributed by atoms with E-state index in [1.807, 2.05) is 23.0 Å². The third kappa shape index (κ3) is 3.49. The number of hydrogen-bond donors (Lipinski definition) is 1. The smallest absolute Gasteiger partial charge is 0.319 e. The molecule has 5 rings (SSSR count). The number of amides is 2. The molecule has 9 heteroatoms. The van der Waals surface area contributed by atoms with E-state index in [1.165, 1.54) is 11.1 Å². The maximum absolute atomic E-state index is 12.1. The number of urea groups is 1. The van der Waals surface area contributed by atoms with Crippen LogP contribution in [0.1, 0.15) is 17.2 Å². The van der Waals surface area contributed by atoms with Gasteiger partial charge in [-0.25, -0.2) is 9.78 Å². The van der Waals surface area contributed by atoms with Crippen LogP contribution in [-0.4, -0.2) is 75.1 Å². The van der Waals surface area contributed by atoms with E-state index in [2.05, 4.69) is 41.3 Å². The summed E-state index contributed by atoms with van der Waals surface area (Å²) in [6, 6.07) is 8.31. The number of carbonyl (C=O) groups excluding carboxylic acids is 1. The normalized spacial score (nSPS) is 13.9. The summed E-state index contributed by atoms with van der Waals surface area (Å²) < 4.78 is 7.57. The van der Waals surface area contributed by atoms with E-state index in [0.29, 0.717) is 18.8 Å². The summed E-state index contributed by atoms with van der Waals surface area (Å²) in [5.41, 5.74) is 7.39. The van der Waals surface area contributed by atoms with Gasteiger partial charge in [0.05, 0.1) is 24.9 Å². The number of benzene rings is 1. The molecule has 1 aliphatic heterocycles. The van der Waals surface area contributed by atoms with Crippen molar-refractivity contribution in [2.75, 3.05) is 34.3 Å². The molecule has 1 aromatic carbocycles. The van der Waals surface area contributed by atoms with Crippen molar-refractivity contribution in [2.24, 2.45) is 0 Å². The predicted molar refractivity (Wildman–Crippen MR) is 126 cm³/mol. The summed E-state index contributed by atoms with van der Waals surface area (Å²) in [5, 5.41) is 12.1. The van der Waals surface area contributed by atoms with Gasteiger partial charge in [-0.1, -0.05) is 18.2 Å². The average Bonchev–Trinajstić information content (AvgIpc) is 3.40. The van der Waals surface area contributed by atoms with Gasteiger partial charge >= 0.3 is 6.03 Å². The first-order valence-electron chi connectivity index (χ1n) is 10.9. The summed E-state index contributed by atoms with van der Waals surface area (Å²) >= 11 is 0. The number of methoxy groups -OCH3 is 1. The number of aryl methyl sites for hydroxylation is 1. The first-order valence-corrected chi connectivity index (χ1v) is 10.9. The van der Waals surface area contributed by atoms with Crippen molar-refractivity contribution >= 4 is 17.1 Å². The number of ether oxygens (including phenoxy) is 1. The van der Waals surface area contributed by atoms with Crippen molar-refractivity contribution in [2.45, 2.75) is 19.9 Å². The van der Waals surface area contributed by atoms with Crippen LogP contribution in [-0.2, 0) is 0 Å². The SMILES string of the molecule is COc1cc2[nH]nc(-c3cnn(C4CN(C(=O)N(C)C)C4)c3)c2nc1-c1cccc(C)c1C. The molecule has 2 amide bonds. The van der Waals surface area contributed by atoms with E-state index in [-0.39, 0.29) is 12.1 Å². The number of rotatable bonds is 4. The van der Waals surface area contributed by atoms with E-state index in [4.69, 9.17) is 9.72 Å². The van der Waals surface area contributed by atoms with Gasteiger partial charge in [0.2, 0.25) is 0 Å². The molecule has 1 aliphatic rings. The summed E-state index contributed by atoms with van der Waals surface area (Å²) in [7, 11) is 5.18. The van der Waals surface area contributed by atoms with E-state index in [0.717, 1.165) is 33.5 Å². The monoisotopic (exact) mass is 445 g/mol. The second kappa shape index (κ2) is 7.91. The zero-order valence-corrected chi connectivity index (χ0v) is 19.5. The topological polar surface area (TPSA) is 92.2 Å². The Bertz CT molecular complexity index is 1350. The fourth-order valence-electron chi connectivity index (χ4n) is 4.21. The Morgan fingerprint density at radius 3 is 2.73 bits per heavy atom. The van der Waals surface area contributed by atoms with Gasteiger partial charge in [0, 0.05) is 50.6 Å². The molecule has 3 aromatic heterocycles. The highest BCUT2D eigenvalue weighted by atomic mass is 16.5. The molecule has 0 aliphatic carbocycles. The molecule has 4 heterocycles. The van der Waals surface area contributed by atoms with Gasteiger partial charge < -0.3 is 14.5 Å². The van der Waals surface area contributed by atoms with Gasteiger partial charge in [-0.2, -0.15) is 10.2 Å². The van der Waals surface area contributed by atoms with Crippen molar-refractivity contribution in [3.05, 3.63) is 47.8 Å². The molecule has 1 saturated heterocycles. The van der Waals surface area contributed by atoms with Gasteiger partial charge in [-0.15, -0.1) is 0 Å². The maximum Gasteiger partial charge on any atom is 0.319 e. The summed E-state index contributed by atoms with van der Waals surface area (Å²) in [5.74, 6) is 0.696. The van der Waals surface area contributed by atoms with Crippen molar-refractivity contribution in [1.29, 1.82) is 0 Å². The molecule has 0 spiro atoms.